The highest BCUT2D eigenvalue weighted by molar-refractivity contribution is 8.00. The predicted octanol–water partition coefficient (Wildman–Crippen LogP) is 1.69. The van der Waals surface area contributed by atoms with Crippen LogP contribution >= 0.6 is 11.8 Å². The van der Waals surface area contributed by atoms with E-state index in [1.54, 1.807) is 37.3 Å². The minimum atomic E-state index is -4.79. The number of aromatic nitrogens is 3. The van der Waals surface area contributed by atoms with Gasteiger partial charge in [-0.15, -0.1) is 10.2 Å². The van der Waals surface area contributed by atoms with Crippen molar-refractivity contribution in [1.29, 1.82) is 0 Å². The van der Waals surface area contributed by atoms with Crippen LogP contribution in [0, 0.1) is 0 Å². The summed E-state index contributed by atoms with van der Waals surface area (Å²) >= 11 is 0.646. The molecule has 140 valence electrons. The average molecular weight is 388 g/mol. The van der Waals surface area contributed by atoms with Gasteiger partial charge in [-0.05, 0) is 12.5 Å². The van der Waals surface area contributed by atoms with Crippen LogP contribution in [0.5, 0.6) is 0 Å². The summed E-state index contributed by atoms with van der Waals surface area (Å²) in [5, 5.41) is 9.55. The number of amides is 3. The average Bonchev–Trinajstić information content (AvgIpc) is 2.94. The van der Waals surface area contributed by atoms with Gasteiger partial charge in [0.1, 0.15) is 5.25 Å². The zero-order valence-corrected chi connectivity index (χ0v) is 14.3. The van der Waals surface area contributed by atoms with E-state index in [0.29, 0.717) is 23.9 Å². The molecule has 2 rings (SSSR count). The zero-order valence-electron chi connectivity index (χ0n) is 13.4. The summed E-state index contributed by atoms with van der Waals surface area (Å²) < 4.78 is 38.6. The summed E-state index contributed by atoms with van der Waals surface area (Å²) in [7, 11) is 0. The molecule has 1 aromatic heterocycles. The summed E-state index contributed by atoms with van der Waals surface area (Å²) in [4.78, 5) is 24.0. The van der Waals surface area contributed by atoms with Crippen LogP contribution in [-0.4, -0.2) is 33.4 Å². The van der Waals surface area contributed by atoms with Gasteiger partial charge in [0.15, 0.2) is 0 Å². The van der Waals surface area contributed by atoms with E-state index in [-0.39, 0.29) is 9.83 Å². The molecule has 0 saturated heterocycles. The number of halogens is 3. The van der Waals surface area contributed by atoms with Crippen LogP contribution in [-0.2, 0) is 11.0 Å². The molecule has 0 unspecified atom stereocenters. The van der Waals surface area contributed by atoms with E-state index in [1.807, 2.05) is 0 Å². The molecule has 1 atom stereocenters. The van der Waals surface area contributed by atoms with Crippen molar-refractivity contribution in [2.24, 2.45) is 0 Å². The molecule has 3 amide bonds. The summed E-state index contributed by atoms with van der Waals surface area (Å²) in [6.45, 7) is 1.97. The fraction of sp³-hybridized carbons (Fsp3) is 0.286. The molecule has 8 nitrogen and oxygen atoms in total. The van der Waals surface area contributed by atoms with E-state index >= 15 is 0 Å². The van der Waals surface area contributed by atoms with Crippen molar-refractivity contribution in [2.75, 3.05) is 12.4 Å². The molecular weight excluding hydrogens is 373 g/mol. The van der Waals surface area contributed by atoms with Crippen LogP contribution < -0.4 is 16.5 Å². The Bertz CT molecular complexity index is 781. The maximum absolute atomic E-state index is 12.8. The quantitative estimate of drug-likeness (QED) is 0.530. The first kappa shape index (κ1) is 19.6. The molecule has 0 bridgehead atoms. The van der Waals surface area contributed by atoms with Gasteiger partial charge in [-0.25, -0.2) is 9.47 Å². The smallest absolute Gasteiger partial charge is 0.338 e. The highest BCUT2D eigenvalue weighted by Crippen LogP contribution is 2.36. The third-order valence-corrected chi connectivity index (χ3v) is 4.27. The lowest BCUT2D eigenvalue weighted by molar-refractivity contribution is -0.146. The topological polar surface area (TPSA) is 115 Å². The number of urea groups is 1. The molecule has 0 fully saturated rings. The molecule has 4 N–H and O–H groups in total. The van der Waals surface area contributed by atoms with Gasteiger partial charge in [-0.2, -0.15) is 13.2 Å². The summed E-state index contributed by atoms with van der Waals surface area (Å²) in [6, 6.07) is 7.48. The summed E-state index contributed by atoms with van der Waals surface area (Å²) in [5.41, 5.74) is 0.454. The molecule has 26 heavy (non-hydrogen) atoms. The van der Waals surface area contributed by atoms with Gasteiger partial charge in [0.2, 0.25) is 11.1 Å². The molecule has 0 aliphatic carbocycles. The molecule has 0 aliphatic heterocycles. The number of benzene rings is 1. The van der Waals surface area contributed by atoms with Crippen LogP contribution in [0.2, 0.25) is 0 Å². The number of alkyl halides is 3. The molecule has 1 heterocycles. The van der Waals surface area contributed by atoms with Crippen molar-refractivity contribution in [1.82, 2.24) is 25.5 Å². The lowest BCUT2D eigenvalue weighted by atomic mass is 10.1. The Kier molecular flexibility index (Phi) is 6.08. The van der Waals surface area contributed by atoms with Crippen LogP contribution in [0.15, 0.2) is 35.5 Å². The zero-order chi connectivity index (χ0) is 19.3. The van der Waals surface area contributed by atoms with Gasteiger partial charge in [-0.1, -0.05) is 42.1 Å². The first-order chi connectivity index (χ1) is 12.2. The highest BCUT2D eigenvalue weighted by Gasteiger charge is 2.39. The number of carbonyl (C=O) groups is 2. The number of nitrogens with two attached hydrogens (primary N) is 1. The SMILES string of the molecule is CCNC(=O)NC(=O)[C@H](Sc1nnc(C(F)(F)F)n1N)c1ccccc1. The number of hydrogen-bond donors (Lipinski definition) is 3. The number of thioether (sulfide) groups is 1. The molecule has 0 aliphatic rings. The Morgan fingerprint density at radius 2 is 1.92 bits per heavy atom. The molecular formula is C14H15F3N6O2S. The van der Waals surface area contributed by atoms with Crippen LogP contribution in [0.3, 0.4) is 0 Å². The van der Waals surface area contributed by atoms with Gasteiger partial charge in [-0.3, -0.25) is 10.1 Å². The molecule has 0 radical (unpaired) electrons. The summed E-state index contributed by atoms with van der Waals surface area (Å²) in [5.74, 6) is 3.28. The number of carbonyl (C=O) groups excluding carboxylic acids is 2. The molecule has 2 aromatic rings. The van der Waals surface area contributed by atoms with Crippen molar-refractivity contribution in [3.8, 4) is 0 Å². The normalized spacial score (nSPS) is 12.5. The number of imide groups is 1. The largest absolute Gasteiger partial charge is 0.453 e. The second-order valence-electron chi connectivity index (χ2n) is 4.93. The lowest BCUT2D eigenvalue weighted by Gasteiger charge is -2.16. The molecule has 0 spiro atoms. The van der Waals surface area contributed by atoms with Crippen LogP contribution in [0.4, 0.5) is 18.0 Å². The number of nitrogen functional groups attached to an aromatic ring is 1. The monoisotopic (exact) mass is 388 g/mol. The van der Waals surface area contributed by atoms with Crippen LogP contribution in [0.1, 0.15) is 23.6 Å². The van der Waals surface area contributed by atoms with Gasteiger partial charge in [0, 0.05) is 6.54 Å². The third kappa shape index (κ3) is 4.65. The Balaban J connectivity index is 2.30. The van der Waals surface area contributed by atoms with Gasteiger partial charge in [0.25, 0.3) is 5.82 Å². The number of rotatable bonds is 5. The van der Waals surface area contributed by atoms with Crippen molar-refractivity contribution < 1.29 is 22.8 Å². The van der Waals surface area contributed by atoms with Crippen LogP contribution in [0.25, 0.3) is 0 Å². The lowest BCUT2D eigenvalue weighted by Crippen LogP contribution is -2.41. The van der Waals surface area contributed by atoms with Crippen molar-refractivity contribution in [3.63, 3.8) is 0 Å². The maximum atomic E-state index is 12.8. The third-order valence-electron chi connectivity index (χ3n) is 3.06. The van der Waals surface area contributed by atoms with Crippen molar-refractivity contribution in [2.45, 2.75) is 23.5 Å². The van der Waals surface area contributed by atoms with Crippen molar-refractivity contribution in [3.05, 3.63) is 41.7 Å². The van der Waals surface area contributed by atoms with E-state index in [2.05, 4.69) is 20.8 Å². The second kappa shape index (κ2) is 8.08. The molecule has 0 saturated carbocycles. The van der Waals surface area contributed by atoms with Gasteiger partial charge in [0.05, 0.1) is 0 Å². The minimum absolute atomic E-state index is 0.264. The number of nitrogens with one attached hydrogen (secondary N) is 2. The minimum Gasteiger partial charge on any atom is -0.338 e. The fourth-order valence-corrected chi connectivity index (χ4v) is 2.90. The Labute approximate surface area is 150 Å². The van der Waals surface area contributed by atoms with E-state index in [0.717, 1.165) is 0 Å². The van der Waals surface area contributed by atoms with E-state index < -0.39 is 29.2 Å². The van der Waals surface area contributed by atoms with Gasteiger partial charge >= 0.3 is 12.2 Å². The molecule has 12 heteroatoms. The number of hydrogen-bond acceptors (Lipinski definition) is 6. The highest BCUT2D eigenvalue weighted by atomic mass is 32.2. The van der Waals surface area contributed by atoms with E-state index in [4.69, 9.17) is 5.84 Å². The summed E-state index contributed by atoms with van der Waals surface area (Å²) in [6.07, 6.45) is -4.79. The first-order valence-electron chi connectivity index (χ1n) is 7.32. The van der Waals surface area contributed by atoms with Gasteiger partial charge < -0.3 is 11.2 Å². The standard InChI is InChI=1S/C14H15F3N6O2S/c1-2-19-12(25)20-10(24)9(8-6-4-3-5-7-8)26-13-22-21-11(23(13)18)14(15,16)17/h3-7,9H,2,18H2,1H3,(H2,19,20,24,25)/t9-/m1/s1. The fourth-order valence-electron chi connectivity index (χ4n) is 1.94. The Morgan fingerprint density at radius 1 is 1.27 bits per heavy atom. The maximum Gasteiger partial charge on any atom is 0.453 e. The predicted molar refractivity (Wildman–Crippen MR) is 87.4 cm³/mol. The number of nitrogens with zero attached hydrogens (tertiary/aromatic N) is 3. The first-order valence-corrected chi connectivity index (χ1v) is 8.20. The van der Waals surface area contributed by atoms with E-state index in [1.165, 1.54) is 0 Å². The second-order valence-corrected chi connectivity index (χ2v) is 6.00. The Hall–Kier alpha value is -2.76. The Morgan fingerprint density at radius 3 is 2.46 bits per heavy atom. The molecule has 1 aromatic carbocycles. The van der Waals surface area contributed by atoms with E-state index in [9.17, 15) is 22.8 Å². The van der Waals surface area contributed by atoms with Crippen molar-refractivity contribution >= 4 is 23.7 Å².